The van der Waals surface area contributed by atoms with Crippen LogP contribution < -0.4 is 0 Å². The Morgan fingerprint density at radius 3 is 3.11 bits per heavy atom. The summed E-state index contributed by atoms with van der Waals surface area (Å²) < 4.78 is 11.2. The number of thioether (sulfide) groups is 1. The van der Waals surface area contributed by atoms with Crippen molar-refractivity contribution in [3.63, 3.8) is 0 Å². The van der Waals surface area contributed by atoms with Gasteiger partial charge in [-0.1, -0.05) is 0 Å². The van der Waals surface area contributed by atoms with Gasteiger partial charge < -0.3 is 9.47 Å². The Morgan fingerprint density at radius 2 is 2.44 bits per heavy atom. The summed E-state index contributed by atoms with van der Waals surface area (Å²) in [6, 6.07) is 0. The molecule has 2 heterocycles. The molecule has 2 aliphatic heterocycles. The second kappa shape index (κ2) is 6.40. The summed E-state index contributed by atoms with van der Waals surface area (Å²) in [5.41, 5.74) is 0.0239. The Balaban J connectivity index is 1.82. The van der Waals surface area contributed by atoms with Gasteiger partial charge in [-0.3, -0.25) is 4.79 Å². The fourth-order valence-corrected chi connectivity index (χ4v) is 4.21. The van der Waals surface area contributed by atoms with Crippen molar-refractivity contribution in [1.29, 1.82) is 0 Å². The second-order valence-electron chi connectivity index (χ2n) is 5.58. The van der Waals surface area contributed by atoms with Gasteiger partial charge in [-0.05, 0) is 38.4 Å². The largest absolute Gasteiger partial charge is 0.382 e. The Morgan fingerprint density at radius 1 is 1.61 bits per heavy atom. The van der Waals surface area contributed by atoms with Crippen LogP contribution >= 0.6 is 11.8 Å². The van der Waals surface area contributed by atoms with Crippen molar-refractivity contribution in [3.8, 4) is 0 Å². The van der Waals surface area contributed by atoms with Crippen molar-refractivity contribution in [2.75, 3.05) is 25.2 Å². The lowest BCUT2D eigenvalue weighted by atomic mass is 9.82. The molecule has 0 bridgehead atoms. The van der Waals surface area contributed by atoms with Crippen molar-refractivity contribution in [2.45, 2.75) is 50.7 Å². The van der Waals surface area contributed by atoms with E-state index in [1.807, 2.05) is 18.7 Å². The molecular formula is C14H24O3S. The molecule has 2 rings (SSSR count). The summed E-state index contributed by atoms with van der Waals surface area (Å²) >= 11 is 1.96. The minimum absolute atomic E-state index is 0.0239. The van der Waals surface area contributed by atoms with Gasteiger partial charge in [0.05, 0.1) is 11.7 Å². The zero-order chi connectivity index (χ0) is 13.0. The lowest BCUT2D eigenvalue weighted by Gasteiger charge is -2.37. The molecule has 2 aliphatic rings. The number of hydrogen-bond acceptors (Lipinski definition) is 4. The van der Waals surface area contributed by atoms with Crippen LogP contribution in [0.2, 0.25) is 0 Å². The number of ether oxygens (including phenoxy) is 2. The normalized spacial score (nSPS) is 33.8. The molecule has 2 fully saturated rings. The van der Waals surface area contributed by atoms with E-state index in [4.69, 9.17) is 9.47 Å². The smallest absolute Gasteiger partial charge is 0.136 e. The van der Waals surface area contributed by atoms with E-state index in [0.29, 0.717) is 12.2 Å². The first-order chi connectivity index (χ1) is 8.65. The predicted octanol–water partition coefficient (Wildman–Crippen LogP) is 2.67. The molecule has 104 valence electrons. The van der Waals surface area contributed by atoms with E-state index in [0.717, 1.165) is 38.0 Å². The van der Waals surface area contributed by atoms with E-state index >= 15 is 0 Å². The molecule has 3 atom stereocenters. The predicted molar refractivity (Wildman–Crippen MR) is 74.1 cm³/mol. The molecule has 1 spiro atoms. The van der Waals surface area contributed by atoms with E-state index in [1.165, 1.54) is 5.75 Å². The van der Waals surface area contributed by atoms with Gasteiger partial charge in [-0.25, -0.2) is 0 Å². The highest BCUT2D eigenvalue weighted by atomic mass is 32.2. The van der Waals surface area contributed by atoms with Gasteiger partial charge in [0.2, 0.25) is 0 Å². The van der Waals surface area contributed by atoms with Crippen molar-refractivity contribution in [3.05, 3.63) is 0 Å². The molecule has 3 nitrogen and oxygen atoms in total. The van der Waals surface area contributed by atoms with Gasteiger partial charge in [0.15, 0.2) is 0 Å². The van der Waals surface area contributed by atoms with Crippen molar-refractivity contribution in [2.24, 2.45) is 5.92 Å². The van der Waals surface area contributed by atoms with Gasteiger partial charge in [0.1, 0.15) is 5.78 Å². The summed E-state index contributed by atoms with van der Waals surface area (Å²) in [6.07, 6.45) is 4.66. The Bertz CT molecular complexity index is 287. The zero-order valence-electron chi connectivity index (χ0n) is 11.4. The number of methoxy groups -OCH3 is 1. The quantitative estimate of drug-likeness (QED) is 0.771. The Labute approximate surface area is 114 Å². The first-order valence-corrected chi connectivity index (χ1v) is 8.08. The molecule has 0 radical (unpaired) electrons. The number of carbonyl (C=O) groups is 1. The van der Waals surface area contributed by atoms with Crippen molar-refractivity contribution >= 4 is 17.5 Å². The highest BCUT2D eigenvalue weighted by Crippen LogP contribution is 2.40. The van der Waals surface area contributed by atoms with E-state index in [2.05, 4.69) is 0 Å². The average molecular weight is 272 g/mol. The maximum absolute atomic E-state index is 12.2. The molecule has 4 heteroatoms. The minimum Gasteiger partial charge on any atom is -0.382 e. The molecular weight excluding hydrogens is 248 g/mol. The first kappa shape index (κ1) is 14.4. The van der Waals surface area contributed by atoms with Crippen LogP contribution in [0.5, 0.6) is 0 Å². The molecule has 0 aromatic carbocycles. The zero-order valence-corrected chi connectivity index (χ0v) is 12.3. The number of ketones is 1. The Kier molecular flexibility index (Phi) is 5.10. The minimum atomic E-state index is 0.0239. The highest BCUT2D eigenvalue weighted by Gasteiger charge is 2.42. The Hall–Kier alpha value is -0.0600. The van der Waals surface area contributed by atoms with E-state index in [-0.39, 0.29) is 17.6 Å². The summed E-state index contributed by atoms with van der Waals surface area (Å²) in [7, 11) is 1.70. The number of rotatable bonds is 5. The van der Waals surface area contributed by atoms with Crippen LogP contribution in [0.25, 0.3) is 0 Å². The van der Waals surface area contributed by atoms with Gasteiger partial charge in [-0.2, -0.15) is 11.8 Å². The van der Waals surface area contributed by atoms with Crippen molar-refractivity contribution in [1.82, 2.24) is 0 Å². The lowest BCUT2D eigenvalue weighted by molar-refractivity contribution is -0.134. The fourth-order valence-electron chi connectivity index (χ4n) is 2.83. The lowest BCUT2D eigenvalue weighted by Crippen LogP contribution is -2.42. The monoisotopic (exact) mass is 272 g/mol. The molecule has 0 aliphatic carbocycles. The fraction of sp³-hybridized carbons (Fsp3) is 0.929. The van der Waals surface area contributed by atoms with E-state index < -0.39 is 0 Å². The van der Waals surface area contributed by atoms with E-state index in [9.17, 15) is 4.79 Å². The summed E-state index contributed by atoms with van der Waals surface area (Å²) in [5.74, 6) is 2.90. The van der Waals surface area contributed by atoms with Crippen LogP contribution in [0.1, 0.15) is 39.0 Å². The molecule has 0 amide bonds. The first-order valence-electron chi connectivity index (χ1n) is 6.92. The maximum atomic E-state index is 12.2. The van der Waals surface area contributed by atoms with Gasteiger partial charge in [-0.15, -0.1) is 0 Å². The summed E-state index contributed by atoms with van der Waals surface area (Å²) in [6.45, 7) is 2.78. The third-order valence-electron chi connectivity index (χ3n) is 4.22. The standard InChI is InChI=1S/C14H24O3S/c1-11(16-2)3-4-13(15)12-5-7-17-14(9-12)6-8-18-10-14/h11-12H,3-10H2,1-2H3. The molecule has 0 aromatic rings. The highest BCUT2D eigenvalue weighted by molar-refractivity contribution is 7.99. The van der Waals surface area contributed by atoms with E-state index in [1.54, 1.807) is 7.11 Å². The van der Waals surface area contributed by atoms with Gasteiger partial charge >= 0.3 is 0 Å². The molecule has 0 N–H and O–H groups in total. The van der Waals surface area contributed by atoms with Crippen LogP contribution in [-0.2, 0) is 14.3 Å². The molecule has 0 aromatic heterocycles. The second-order valence-corrected chi connectivity index (χ2v) is 6.68. The molecule has 0 saturated carbocycles. The third-order valence-corrected chi connectivity index (χ3v) is 5.44. The van der Waals surface area contributed by atoms with Gasteiger partial charge in [0, 0.05) is 31.8 Å². The number of hydrogen-bond donors (Lipinski definition) is 0. The van der Waals surface area contributed by atoms with Crippen LogP contribution in [0.15, 0.2) is 0 Å². The maximum Gasteiger partial charge on any atom is 0.136 e. The van der Waals surface area contributed by atoms with Crippen molar-refractivity contribution < 1.29 is 14.3 Å². The molecule has 18 heavy (non-hydrogen) atoms. The molecule has 3 unspecified atom stereocenters. The van der Waals surface area contributed by atoms with Crippen LogP contribution in [0.4, 0.5) is 0 Å². The molecule has 2 saturated heterocycles. The number of carbonyl (C=O) groups excluding carboxylic acids is 1. The average Bonchev–Trinajstić information content (AvgIpc) is 2.83. The SMILES string of the molecule is COC(C)CCC(=O)C1CCOC2(CCSC2)C1. The van der Waals surface area contributed by atoms with Gasteiger partial charge in [0.25, 0.3) is 0 Å². The van der Waals surface area contributed by atoms with Crippen LogP contribution in [-0.4, -0.2) is 42.7 Å². The van der Waals surface area contributed by atoms with Crippen LogP contribution in [0, 0.1) is 5.92 Å². The van der Waals surface area contributed by atoms with Crippen LogP contribution in [0.3, 0.4) is 0 Å². The summed E-state index contributed by atoms with van der Waals surface area (Å²) in [4.78, 5) is 12.2. The third kappa shape index (κ3) is 3.49. The summed E-state index contributed by atoms with van der Waals surface area (Å²) in [5, 5.41) is 0. The number of Topliss-reactive ketones (excluding diaryl/α,β-unsaturated/α-hetero) is 1. The topological polar surface area (TPSA) is 35.5 Å².